The van der Waals surface area contributed by atoms with Crippen molar-refractivity contribution in [1.29, 1.82) is 0 Å². The van der Waals surface area contributed by atoms with Gasteiger partial charge >= 0.3 is 0 Å². The van der Waals surface area contributed by atoms with E-state index in [2.05, 4.69) is 47.1 Å². The number of carbonyl (C=O) groups is 6. The molecule has 12 nitrogen and oxygen atoms in total. The largest absolute Gasteiger partial charge is 0.354 e. The lowest BCUT2D eigenvalue weighted by Gasteiger charge is -2.42. The molecule has 0 aromatic heterocycles. The van der Waals surface area contributed by atoms with Gasteiger partial charge in [-0.15, -0.1) is 0 Å². The average molecular weight is 929 g/mol. The number of rotatable bonds is 22. The zero-order valence-corrected chi connectivity index (χ0v) is 41.1. The SMILES string of the molecule is CCCCCCCCCCCCCCNC(=O)[C@@H]1CN(C(=O)c2ccc(C(=O)N3C[C@@H](C(=O)N[C@H]4C[C@@H]4c4ccccc4)[C@H](C(=O)N[C@H]4C[C@@H]4c4ccccc4)C3)cc2)CCN1C(=O)C(C)(C)C. The van der Waals surface area contributed by atoms with E-state index in [1.807, 2.05) is 57.2 Å². The summed E-state index contributed by atoms with van der Waals surface area (Å²) in [5.74, 6) is -2.44. The highest BCUT2D eigenvalue weighted by Gasteiger charge is 2.49. The topological polar surface area (TPSA) is 148 Å². The molecular weight excluding hydrogens is 853 g/mol. The number of hydrogen-bond acceptors (Lipinski definition) is 6. The molecule has 12 heteroatoms. The number of amides is 6. The molecule has 7 rings (SSSR count). The summed E-state index contributed by atoms with van der Waals surface area (Å²) in [7, 11) is 0. The maximum absolute atomic E-state index is 14.1. The monoisotopic (exact) mass is 929 g/mol. The Balaban J connectivity index is 0.934. The third kappa shape index (κ3) is 13.4. The van der Waals surface area contributed by atoms with E-state index in [4.69, 9.17) is 0 Å². The Labute approximate surface area is 404 Å². The molecule has 0 spiro atoms. The maximum Gasteiger partial charge on any atom is 0.253 e. The minimum Gasteiger partial charge on any atom is -0.354 e. The summed E-state index contributed by atoms with van der Waals surface area (Å²) in [6, 6.07) is 25.7. The smallest absolute Gasteiger partial charge is 0.253 e. The van der Waals surface area contributed by atoms with Crippen LogP contribution in [-0.2, 0) is 19.2 Å². The molecule has 68 heavy (non-hydrogen) atoms. The maximum atomic E-state index is 14.1. The predicted molar refractivity (Wildman–Crippen MR) is 266 cm³/mol. The van der Waals surface area contributed by atoms with Crippen LogP contribution in [0.3, 0.4) is 0 Å². The lowest BCUT2D eigenvalue weighted by Crippen LogP contribution is -2.63. The van der Waals surface area contributed by atoms with Gasteiger partial charge in [0.15, 0.2) is 0 Å². The summed E-state index contributed by atoms with van der Waals surface area (Å²) < 4.78 is 0. The highest BCUT2D eigenvalue weighted by molar-refractivity contribution is 6.00. The van der Waals surface area contributed by atoms with Crippen molar-refractivity contribution in [2.24, 2.45) is 17.3 Å². The molecular formula is C56H76N6O6. The lowest BCUT2D eigenvalue weighted by atomic mass is 9.93. The first-order chi connectivity index (χ1) is 32.8. The van der Waals surface area contributed by atoms with Gasteiger partial charge in [0.25, 0.3) is 11.8 Å². The Morgan fingerprint density at radius 1 is 0.529 bits per heavy atom. The van der Waals surface area contributed by atoms with Gasteiger partial charge in [0.1, 0.15) is 6.04 Å². The van der Waals surface area contributed by atoms with Gasteiger partial charge in [0.2, 0.25) is 23.6 Å². The molecule has 0 bridgehead atoms. The van der Waals surface area contributed by atoms with Gasteiger partial charge in [-0.05, 0) is 54.7 Å². The van der Waals surface area contributed by atoms with E-state index in [9.17, 15) is 28.8 Å². The van der Waals surface area contributed by atoms with Crippen molar-refractivity contribution in [2.75, 3.05) is 39.3 Å². The van der Waals surface area contributed by atoms with Gasteiger partial charge in [0, 0.05) is 73.2 Å². The summed E-state index contributed by atoms with van der Waals surface area (Å²) >= 11 is 0. The number of nitrogens with zero attached hydrogens (tertiary/aromatic N) is 3. The van der Waals surface area contributed by atoms with Crippen molar-refractivity contribution in [3.8, 4) is 0 Å². The Hall–Kier alpha value is -5.52. The molecule has 3 aromatic carbocycles. The number of likely N-dealkylation sites (tertiary alicyclic amines) is 1. The average Bonchev–Trinajstić information content (AvgIpc) is 4.26. The fourth-order valence-electron chi connectivity index (χ4n) is 10.2. The molecule has 2 aliphatic carbocycles. The van der Waals surface area contributed by atoms with Crippen molar-refractivity contribution < 1.29 is 28.8 Å². The summed E-state index contributed by atoms with van der Waals surface area (Å²) in [4.78, 5) is 88.2. The first-order valence-electron chi connectivity index (χ1n) is 25.8. The van der Waals surface area contributed by atoms with Crippen molar-refractivity contribution in [3.63, 3.8) is 0 Å². The van der Waals surface area contributed by atoms with E-state index >= 15 is 0 Å². The summed E-state index contributed by atoms with van der Waals surface area (Å²) in [6.45, 7) is 9.04. The Bertz CT molecular complexity index is 2100. The second-order valence-corrected chi connectivity index (χ2v) is 20.9. The van der Waals surface area contributed by atoms with Crippen molar-refractivity contribution >= 4 is 35.4 Å². The van der Waals surface area contributed by atoms with Gasteiger partial charge in [-0.2, -0.15) is 0 Å². The van der Waals surface area contributed by atoms with E-state index in [-0.39, 0.29) is 92.1 Å². The van der Waals surface area contributed by atoms with E-state index in [1.165, 1.54) is 68.9 Å². The number of hydrogen-bond donors (Lipinski definition) is 3. The first-order valence-corrected chi connectivity index (χ1v) is 25.8. The third-order valence-corrected chi connectivity index (χ3v) is 14.6. The van der Waals surface area contributed by atoms with Crippen LogP contribution in [0, 0.1) is 17.3 Å². The van der Waals surface area contributed by atoms with Crippen molar-refractivity contribution in [1.82, 2.24) is 30.7 Å². The number of benzene rings is 3. The summed E-state index contributed by atoms with van der Waals surface area (Å²) in [5, 5.41) is 9.45. The van der Waals surface area contributed by atoms with E-state index in [1.54, 1.807) is 39.0 Å². The molecule has 4 fully saturated rings. The van der Waals surface area contributed by atoms with Crippen LogP contribution in [0.15, 0.2) is 84.9 Å². The van der Waals surface area contributed by atoms with Gasteiger partial charge in [-0.25, -0.2) is 0 Å². The normalized spacial score (nSPS) is 23.2. The van der Waals surface area contributed by atoms with E-state index in [0.29, 0.717) is 17.7 Å². The molecule has 2 saturated heterocycles. The van der Waals surface area contributed by atoms with Crippen LogP contribution in [0.5, 0.6) is 0 Å². The molecule has 3 N–H and O–H groups in total. The predicted octanol–water partition coefficient (Wildman–Crippen LogP) is 8.24. The third-order valence-electron chi connectivity index (χ3n) is 14.6. The second kappa shape index (κ2) is 23.7. The summed E-state index contributed by atoms with van der Waals surface area (Å²) in [6.07, 6.45) is 16.4. The van der Waals surface area contributed by atoms with Gasteiger partial charge in [0.05, 0.1) is 18.4 Å². The van der Waals surface area contributed by atoms with Gasteiger partial charge in [-0.1, -0.05) is 159 Å². The zero-order valence-electron chi connectivity index (χ0n) is 41.1. The quantitative estimate of drug-likeness (QED) is 0.0866. The minimum atomic E-state index is -0.823. The van der Waals surface area contributed by atoms with Crippen LogP contribution < -0.4 is 16.0 Å². The van der Waals surface area contributed by atoms with Crippen molar-refractivity contribution in [3.05, 3.63) is 107 Å². The van der Waals surface area contributed by atoms with Gasteiger partial charge < -0.3 is 30.7 Å². The van der Waals surface area contributed by atoms with E-state index < -0.39 is 23.3 Å². The molecule has 366 valence electrons. The lowest BCUT2D eigenvalue weighted by molar-refractivity contribution is -0.149. The Morgan fingerprint density at radius 2 is 0.971 bits per heavy atom. The molecule has 7 atom stereocenters. The van der Waals surface area contributed by atoms with Crippen LogP contribution in [0.25, 0.3) is 0 Å². The van der Waals surface area contributed by atoms with Crippen LogP contribution in [0.4, 0.5) is 0 Å². The molecule has 3 aromatic rings. The second-order valence-electron chi connectivity index (χ2n) is 20.9. The van der Waals surface area contributed by atoms with E-state index in [0.717, 1.165) is 32.1 Å². The highest BCUT2D eigenvalue weighted by Crippen LogP contribution is 2.43. The fourth-order valence-corrected chi connectivity index (χ4v) is 10.2. The number of unbranched alkanes of at least 4 members (excludes halogenated alkanes) is 11. The molecule has 4 aliphatic rings. The van der Waals surface area contributed by atoms with Crippen LogP contribution in [-0.4, -0.2) is 108 Å². The van der Waals surface area contributed by atoms with Crippen molar-refractivity contribution in [2.45, 2.75) is 148 Å². The molecule has 0 radical (unpaired) electrons. The Morgan fingerprint density at radius 3 is 1.43 bits per heavy atom. The molecule has 2 heterocycles. The zero-order chi connectivity index (χ0) is 48.2. The fraction of sp³-hybridized carbons (Fsp3) is 0.571. The van der Waals surface area contributed by atoms with Gasteiger partial charge in [-0.3, -0.25) is 28.8 Å². The molecule has 0 unspecified atom stereocenters. The summed E-state index contributed by atoms with van der Waals surface area (Å²) in [5.41, 5.74) is 2.34. The molecule has 6 amide bonds. The molecule has 2 saturated carbocycles. The minimum absolute atomic E-state index is 0.0231. The number of piperazine rings is 1. The standard InChI is InChI=1S/C56H76N6O6/c1-5-6-7-8-9-10-11-12-13-14-15-22-31-57-52(65)49-38-60(32-33-62(49)55(68)56(2,3)4)53(66)41-27-29-42(30-28-41)54(67)61-36-45(50(63)58-47-34-43(47)39-23-18-16-19-24-39)46(37-61)51(64)59-48-35-44(48)40-25-20-17-21-26-40/h16-21,23-30,43-49H,5-15,22,31-38H2,1-4H3,(H,57,65)(H,58,63)(H,59,64)/t43-,44-,45-,46-,47+,48+,49+/m1/s1. The molecule has 2 aliphatic heterocycles. The van der Waals surface area contributed by atoms with Crippen LogP contribution >= 0.6 is 0 Å². The van der Waals surface area contributed by atoms with Crippen LogP contribution in [0.1, 0.15) is 161 Å². The first kappa shape index (κ1) is 50.4. The number of carbonyl (C=O) groups excluding carboxylic acids is 6. The van der Waals surface area contributed by atoms with Crippen LogP contribution in [0.2, 0.25) is 0 Å². The highest BCUT2D eigenvalue weighted by atomic mass is 16.2. The Kier molecular flexibility index (Phi) is 17.5. The number of nitrogens with one attached hydrogen (secondary N) is 3.